The number of hydrogen-bond acceptors (Lipinski definition) is 6. The molecule has 2 aromatic carbocycles. The molecule has 1 N–H and O–H groups in total. The zero-order valence-electron chi connectivity index (χ0n) is 17.2. The molecule has 0 aliphatic carbocycles. The molecule has 1 aliphatic rings. The summed E-state index contributed by atoms with van der Waals surface area (Å²) in [5, 5.41) is 7.20. The van der Waals surface area contributed by atoms with Crippen LogP contribution in [-0.4, -0.2) is 46.3 Å². The van der Waals surface area contributed by atoms with E-state index in [2.05, 4.69) is 48.4 Å². The first-order valence-electron chi connectivity index (χ1n) is 10.4. The summed E-state index contributed by atoms with van der Waals surface area (Å²) in [5.74, 6) is 2.18. The lowest BCUT2D eigenvalue weighted by molar-refractivity contribution is -0.126. The number of nitrogens with zero attached hydrogens (tertiary/aromatic N) is 3. The number of thioether (sulfide) groups is 1. The summed E-state index contributed by atoms with van der Waals surface area (Å²) in [6, 6.07) is 18.1. The van der Waals surface area contributed by atoms with Crippen LogP contribution < -0.4 is 5.32 Å². The van der Waals surface area contributed by atoms with Gasteiger partial charge >= 0.3 is 0 Å². The Labute approximate surface area is 194 Å². The quantitative estimate of drug-likeness (QED) is 0.359. The minimum Gasteiger partial charge on any atom is -0.355 e. The molecule has 1 amide bonds. The molecule has 162 valence electrons. The first-order chi connectivity index (χ1) is 15.2. The number of benzene rings is 2. The van der Waals surface area contributed by atoms with Crippen LogP contribution in [-0.2, 0) is 11.3 Å². The Morgan fingerprint density at radius 2 is 2.00 bits per heavy atom. The number of aromatic nitrogens is 2. The second kappa shape index (κ2) is 10.9. The fraction of sp³-hybridized carbons (Fsp3) is 0.348. The highest BCUT2D eigenvalue weighted by atomic mass is 79.9. The van der Waals surface area contributed by atoms with E-state index in [1.807, 2.05) is 42.5 Å². The standard InChI is InChI=1S/C23H25BrN4O2S/c24-19-10-8-17(9-11-19)22-26-21(30-27-22)16-28-13-4-5-18(15-28)23(29)25-12-14-31-20-6-2-1-3-7-20/h1-3,6-11,18H,4-5,12-16H2,(H,25,29). The Hall–Kier alpha value is -2.16. The maximum Gasteiger partial charge on any atom is 0.241 e. The molecule has 1 aliphatic heterocycles. The van der Waals surface area contributed by atoms with Crippen LogP contribution >= 0.6 is 27.7 Å². The molecule has 3 aromatic rings. The van der Waals surface area contributed by atoms with E-state index in [9.17, 15) is 4.79 Å². The molecule has 2 heterocycles. The number of piperidine rings is 1. The molecule has 8 heteroatoms. The topological polar surface area (TPSA) is 71.3 Å². The van der Waals surface area contributed by atoms with Crippen molar-refractivity contribution in [2.75, 3.05) is 25.4 Å². The lowest BCUT2D eigenvalue weighted by atomic mass is 9.97. The third kappa shape index (κ3) is 6.41. The van der Waals surface area contributed by atoms with Gasteiger partial charge in [-0.25, -0.2) is 0 Å². The van der Waals surface area contributed by atoms with E-state index in [0.29, 0.717) is 31.3 Å². The van der Waals surface area contributed by atoms with Crippen molar-refractivity contribution in [2.45, 2.75) is 24.3 Å². The molecule has 0 saturated carbocycles. The van der Waals surface area contributed by atoms with Crippen LogP contribution in [0.25, 0.3) is 11.4 Å². The molecule has 1 unspecified atom stereocenters. The molecular weight excluding hydrogens is 476 g/mol. The van der Waals surface area contributed by atoms with Gasteiger partial charge in [-0.3, -0.25) is 9.69 Å². The van der Waals surface area contributed by atoms with Gasteiger partial charge in [0.1, 0.15) is 0 Å². The van der Waals surface area contributed by atoms with E-state index in [1.165, 1.54) is 4.90 Å². The largest absolute Gasteiger partial charge is 0.355 e. The SMILES string of the molecule is O=C(NCCSc1ccccc1)C1CCCN(Cc2nc(-c3ccc(Br)cc3)no2)C1. The molecule has 31 heavy (non-hydrogen) atoms. The highest BCUT2D eigenvalue weighted by molar-refractivity contribution is 9.10. The van der Waals surface area contributed by atoms with Gasteiger partial charge in [0.25, 0.3) is 0 Å². The number of carbonyl (C=O) groups is 1. The van der Waals surface area contributed by atoms with Gasteiger partial charge in [-0.2, -0.15) is 4.98 Å². The first kappa shape index (κ1) is 22.0. The molecule has 1 fully saturated rings. The maximum atomic E-state index is 12.6. The van der Waals surface area contributed by atoms with E-state index < -0.39 is 0 Å². The van der Waals surface area contributed by atoms with Crippen molar-refractivity contribution >= 4 is 33.6 Å². The molecule has 1 atom stereocenters. The summed E-state index contributed by atoms with van der Waals surface area (Å²) < 4.78 is 6.46. The number of nitrogens with one attached hydrogen (secondary N) is 1. The zero-order chi connectivity index (χ0) is 21.5. The zero-order valence-corrected chi connectivity index (χ0v) is 19.6. The number of amides is 1. The van der Waals surface area contributed by atoms with E-state index in [-0.39, 0.29) is 11.8 Å². The Morgan fingerprint density at radius 1 is 1.19 bits per heavy atom. The average Bonchev–Trinajstić information content (AvgIpc) is 3.26. The molecule has 4 rings (SSSR count). The molecule has 1 aromatic heterocycles. The van der Waals surface area contributed by atoms with Gasteiger partial charge in [-0.15, -0.1) is 11.8 Å². The van der Waals surface area contributed by atoms with E-state index in [1.54, 1.807) is 11.8 Å². The van der Waals surface area contributed by atoms with Gasteiger partial charge in [0, 0.05) is 33.8 Å². The molecule has 0 spiro atoms. The maximum absolute atomic E-state index is 12.6. The van der Waals surface area contributed by atoms with Crippen molar-refractivity contribution in [1.29, 1.82) is 0 Å². The number of rotatable bonds is 8. The third-order valence-corrected chi connectivity index (χ3v) is 6.76. The highest BCUT2D eigenvalue weighted by Crippen LogP contribution is 2.22. The predicted molar refractivity (Wildman–Crippen MR) is 126 cm³/mol. The van der Waals surface area contributed by atoms with Gasteiger partial charge in [0.2, 0.25) is 17.6 Å². The number of hydrogen-bond donors (Lipinski definition) is 1. The van der Waals surface area contributed by atoms with Crippen LogP contribution in [0.2, 0.25) is 0 Å². The number of halogens is 1. The molecular formula is C23H25BrN4O2S. The lowest BCUT2D eigenvalue weighted by Crippen LogP contribution is -2.43. The summed E-state index contributed by atoms with van der Waals surface area (Å²) >= 11 is 5.19. The van der Waals surface area contributed by atoms with Crippen LogP contribution in [0, 0.1) is 5.92 Å². The highest BCUT2D eigenvalue weighted by Gasteiger charge is 2.26. The average molecular weight is 501 g/mol. The summed E-state index contributed by atoms with van der Waals surface area (Å²) in [6.07, 6.45) is 1.91. The smallest absolute Gasteiger partial charge is 0.241 e. The first-order valence-corrected chi connectivity index (χ1v) is 12.2. The van der Waals surface area contributed by atoms with Crippen LogP contribution in [0.5, 0.6) is 0 Å². The normalized spacial score (nSPS) is 16.9. The van der Waals surface area contributed by atoms with E-state index in [4.69, 9.17) is 4.52 Å². The Morgan fingerprint density at radius 3 is 2.81 bits per heavy atom. The Bertz CT molecular complexity index is 981. The minimum absolute atomic E-state index is 0.00402. The Balaban J connectivity index is 1.24. The predicted octanol–water partition coefficient (Wildman–Crippen LogP) is 4.62. The van der Waals surface area contributed by atoms with Crippen LogP contribution in [0.1, 0.15) is 18.7 Å². The van der Waals surface area contributed by atoms with Gasteiger partial charge < -0.3 is 9.84 Å². The van der Waals surface area contributed by atoms with E-state index >= 15 is 0 Å². The van der Waals surface area contributed by atoms with Gasteiger partial charge in [-0.1, -0.05) is 39.3 Å². The molecule has 0 radical (unpaired) electrons. The third-order valence-electron chi connectivity index (χ3n) is 5.22. The van der Waals surface area contributed by atoms with Crippen molar-refractivity contribution in [2.24, 2.45) is 5.92 Å². The fourth-order valence-electron chi connectivity index (χ4n) is 3.64. The minimum atomic E-state index is 0.00402. The van der Waals surface area contributed by atoms with Gasteiger partial charge in [0.05, 0.1) is 12.5 Å². The number of carbonyl (C=O) groups excluding carboxylic acids is 1. The monoisotopic (exact) mass is 500 g/mol. The van der Waals surface area contributed by atoms with Crippen LogP contribution in [0.4, 0.5) is 0 Å². The van der Waals surface area contributed by atoms with Crippen molar-refractivity contribution in [3.63, 3.8) is 0 Å². The number of likely N-dealkylation sites (tertiary alicyclic amines) is 1. The van der Waals surface area contributed by atoms with Crippen LogP contribution in [0.3, 0.4) is 0 Å². The van der Waals surface area contributed by atoms with Gasteiger partial charge in [0.15, 0.2) is 0 Å². The van der Waals surface area contributed by atoms with Crippen molar-refractivity contribution in [3.05, 3.63) is 65.0 Å². The molecule has 0 bridgehead atoms. The van der Waals surface area contributed by atoms with Crippen molar-refractivity contribution in [1.82, 2.24) is 20.4 Å². The summed E-state index contributed by atoms with van der Waals surface area (Å²) in [4.78, 5) is 20.6. The lowest BCUT2D eigenvalue weighted by Gasteiger charge is -2.30. The fourth-order valence-corrected chi connectivity index (χ4v) is 4.70. The summed E-state index contributed by atoms with van der Waals surface area (Å²) in [7, 11) is 0. The van der Waals surface area contributed by atoms with E-state index in [0.717, 1.165) is 35.2 Å². The van der Waals surface area contributed by atoms with Gasteiger partial charge in [-0.05, 0) is 55.8 Å². The second-order valence-corrected chi connectivity index (χ2v) is 9.63. The van der Waals surface area contributed by atoms with Crippen molar-refractivity contribution in [3.8, 4) is 11.4 Å². The summed E-state index contributed by atoms with van der Waals surface area (Å²) in [5.41, 5.74) is 0.919. The Kier molecular flexibility index (Phi) is 7.77. The van der Waals surface area contributed by atoms with Crippen LogP contribution in [0.15, 0.2) is 68.5 Å². The molecule has 1 saturated heterocycles. The summed E-state index contributed by atoms with van der Waals surface area (Å²) in [6.45, 7) is 2.89. The second-order valence-electron chi connectivity index (χ2n) is 7.55. The van der Waals surface area contributed by atoms with Crippen molar-refractivity contribution < 1.29 is 9.32 Å². The molecule has 6 nitrogen and oxygen atoms in total.